The number of nitrogens with zero attached hydrogens (tertiary/aromatic N) is 3. The molecule has 84 valence electrons. The maximum atomic E-state index is 10.6. The van der Waals surface area contributed by atoms with Crippen LogP contribution in [0, 0.1) is 0 Å². The molecule has 3 N–H and O–H groups in total. The van der Waals surface area contributed by atoms with E-state index in [0.717, 1.165) is 11.1 Å². The second-order valence-corrected chi connectivity index (χ2v) is 3.36. The first-order valence-corrected chi connectivity index (χ1v) is 4.70. The van der Waals surface area contributed by atoms with Crippen LogP contribution in [0.4, 0.5) is 0 Å². The van der Waals surface area contributed by atoms with E-state index in [1.807, 2.05) is 6.07 Å². The first-order chi connectivity index (χ1) is 7.63. The van der Waals surface area contributed by atoms with Crippen LogP contribution in [0.1, 0.15) is 11.1 Å². The van der Waals surface area contributed by atoms with Gasteiger partial charge in [0.2, 0.25) is 0 Å². The highest BCUT2D eigenvalue weighted by molar-refractivity contribution is 5.73. The predicted octanol–water partition coefficient (Wildman–Crippen LogP) is 1.45. The average Bonchev–Trinajstić information content (AvgIpc) is 2.26. The number of nitrogens with two attached hydrogens (primary N) is 1. The Kier molecular flexibility index (Phi) is 4.32. The molecule has 0 aliphatic heterocycles. The zero-order valence-corrected chi connectivity index (χ0v) is 8.58. The van der Waals surface area contributed by atoms with Crippen LogP contribution in [-0.2, 0) is 17.8 Å². The Bertz CT molecular complexity index is 427. The smallest absolute Gasteiger partial charge is 0.320 e. The van der Waals surface area contributed by atoms with Crippen molar-refractivity contribution in [2.45, 2.75) is 19.0 Å². The first kappa shape index (κ1) is 12.0. The lowest BCUT2D eigenvalue weighted by Crippen LogP contribution is -2.32. The van der Waals surface area contributed by atoms with Crippen LogP contribution in [-0.4, -0.2) is 17.1 Å². The van der Waals surface area contributed by atoms with E-state index in [1.54, 1.807) is 18.2 Å². The minimum absolute atomic E-state index is 0.257. The third-order valence-electron chi connectivity index (χ3n) is 2.08. The lowest BCUT2D eigenvalue weighted by molar-refractivity contribution is -0.138. The maximum Gasteiger partial charge on any atom is 0.320 e. The van der Waals surface area contributed by atoms with E-state index in [1.165, 1.54) is 0 Å². The van der Waals surface area contributed by atoms with Gasteiger partial charge in [-0.15, -0.1) is 0 Å². The van der Waals surface area contributed by atoms with Crippen LogP contribution in [0.3, 0.4) is 0 Å². The van der Waals surface area contributed by atoms with Gasteiger partial charge in [0, 0.05) is 4.91 Å². The molecule has 1 aromatic rings. The van der Waals surface area contributed by atoms with Crippen molar-refractivity contribution in [2.75, 3.05) is 0 Å². The van der Waals surface area contributed by atoms with Crippen molar-refractivity contribution in [3.8, 4) is 0 Å². The quantitative estimate of drug-likeness (QED) is 0.444. The van der Waals surface area contributed by atoms with Crippen LogP contribution < -0.4 is 5.73 Å². The highest BCUT2D eigenvalue weighted by atomic mass is 16.4. The Labute approximate surface area is 92.3 Å². The van der Waals surface area contributed by atoms with Crippen molar-refractivity contribution >= 4 is 5.97 Å². The van der Waals surface area contributed by atoms with E-state index >= 15 is 0 Å². The summed E-state index contributed by atoms with van der Waals surface area (Å²) in [6.45, 7) is 0.257. The molecule has 0 radical (unpaired) electrons. The van der Waals surface area contributed by atoms with Crippen molar-refractivity contribution in [3.63, 3.8) is 0 Å². The van der Waals surface area contributed by atoms with Crippen LogP contribution in [0.5, 0.6) is 0 Å². The third-order valence-corrected chi connectivity index (χ3v) is 2.08. The van der Waals surface area contributed by atoms with Gasteiger partial charge in [0.25, 0.3) is 0 Å². The lowest BCUT2D eigenvalue weighted by Gasteiger charge is -2.07. The van der Waals surface area contributed by atoms with E-state index in [-0.39, 0.29) is 13.0 Å². The van der Waals surface area contributed by atoms with Gasteiger partial charge in [0.1, 0.15) is 6.04 Å². The molecule has 0 heterocycles. The van der Waals surface area contributed by atoms with Crippen LogP contribution in [0.25, 0.3) is 10.4 Å². The Morgan fingerprint density at radius 1 is 1.56 bits per heavy atom. The fourth-order valence-corrected chi connectivity index (χ4v) is 1.31. The van der Waals surface area contributed by atoms with Crippen LogP contribution in [0.2, 0.25) is 0 Å². The largest absolute Gasteiger partial charge is 0.480 e. The van der Waals surface area contributed by atoms with Crippen LogP contribution >= 0.6 is 0 Å². The molecule has 0 aromatic heterocycles. The zero-order valence-electron chi connectivity index (χ0n) is 8.58. The predicted molar refractivity (Wildman–Crippen MR) is 58.6 cm³/mol. The molecule has 1 aromatic carbocycles. The molecule has 6 heteroatoms. The summed E-state index contributed by atoms with van der Waals surface area (Å²) in [5, 5.41) is 12.1. The minimum atomic E-state index is -1.03. The number of benzene rings is 1. The van der Waals surface area contributed by atoms with Crippen molar-refractivity contribution in [3.05, 3.63) is 45.8 Å². The molecule has 0 unspecified atom stereocenters. The summed E-state index contributed by atoms with van der Waals surface area (Å²) >= 11 is 0. The summed E-state index contributed by atoms with van der Waals surface area (Å²) in [6, 6.07) is 6.27. The van der Waals surface area contributed by atoms with Gasteiger partial charge in [-0.05, 0) is 23.1 Å². The molecular formula is C10H12N4O2. The molecule has 0 saturated carbocycles. The fourth-order valence-electron chi connectivity index (χ4n) is 1.31. The molecule has 0 saturated heterocycles. The van der Waals surface area contributed by atoms with Gasteiger partial charge in [0.15, 0.2) is 0 Å². The van der Waals surface area contributed by atoms with Gasteiger partial charge in [-0.25, -0.2) is 0 Å². The topological polar surface area (TPSA) is 112 Å². The molecular weight excluding hydrogens is 208 g/mol. The Morgan fingerprint density at radius 2 is 2.25 bits per heavy atom. The Morgan fingerprint density at radius 3 is 2.88 bits per heavy atom. The van der Waals surface area contributed by atoms with E-state index in [2.05, 4.69) is 10.0 Å². The fraction of sp³-hybridized carbons (Fsp3) is 0.300. The molecule has 0 aliphatic carbocycles. The highest BCUT2D eigenvalue weighted by Gasteiger charge is 2.11. The summed E-state index contributed by atoms with van der Waals surface area (Å²) in [4.78, 5) is 13.2. The highest BCUT2D eigenvalue weighted by Crippen LogP contribution is 2.08. The van der Waals surface area contributed by atoms with E-state index in [4.69, 9.17) is 16.4 Å². The van der Waals surface area contributed by atoms with E-state index in [0.29, 0.717) is 0 Å². The number of hydrogen-bond donors (Lipinski definition) is 2. The number of carboxylic acids is 1. The van der Waals surface area contributed by atoms with Gasteiger partial charge in [-0.1, -0.05) is 29.4 Å². The molecule has 0 fully saturated rings. The molecule has 0 spiro atoms. The second kappa shape index (κ2) is 5.75. The average molecular weight is 220 g/mol. The number of aliphatic carboxylic acids is 1. The number of rotatable bonds is 5. The first-order valence-electron chi connectivity index (χ1n) is 4.70. The number of carbonyl (C=O) groups is 1. The van der Waals surface area contributed by atoms with E-state index in [9.17, 15) is 4.79 Å². The molecule has 16 heavy (non-hydrogen) atoms. The molecule has 0 aliphatic rings. The summed E-state index contributed by atoms with van der Waals surface area (Å²) in [5.74, 6) is -1.03. The summed E-state index contributed by atoms with van der Waals surface area (Å²) in [7, 11) is 0. The monoisotopic (exact) mass is 220 g/mol. The molecule has 1 atom stereocenters. The van der Waals surface area contributed by atoms with Gasteiger partial charge in [-0.2, -0.15) is 0 Å². The number of carboxylic acid groups (broad SMARTS) is 1. The SMILES string of the molecule is [N-]=[N+]=NCc1cccc(C[C@H](N)C(=O)O)c1. The van der Waals surface area contributed by atoms with Crippen molar-refractivity contribution in [1.29, 1.82) is 0 Å². The number of azide groups is 1. The van der Waals surface area contributed by atoms with Crippen molar-refractivity contribution < 1.29 is 9.90 Å². The molecule has 0 amide bonds. The zero-order chi connectivity index (χ0) is 12.0. The van der Waals surface area contributed by atoms with Crippen molar-refractivity contribution in [2.24, 2.45) is 10.8 Å². The minimum Gasteiger partial charge on any atom is -0.480 e. The standard InChI is InChI=1S/C10H12N4O2/c11-9(10(15)16)5-7-2-1-3-8(4-7)6-13-14-12/h1-4,9H,5-6,11H2,(H,15,16)/t9-/m0/s1. The Balaban J connectivity index is 2.74. The lowest BCUT2D eigenvalue weighted by atomic mass is 10.0. The summed E-state index contributed by atoms with van der Waals surface area (Å²) in [6.07, 6.45) is 0.263. The molecule has 6 nitrogen and oxygen atoms in total. The normalized spacial score (nSPS) is 11.6. The van der Waals surface area contributed by atoms with Gasteiger partial charge >= 0.3 is 5.97 Å². The second-order valence-electron chi connectivity index (χ2n) is 3.36. The summed E-state index contributed by atoms with van der Waals surface area (Å²) < 4.78 is 0. The van der Waals surface area contributed by atoms with Crippen LogP contribution in [0.15, 0.2) is 29.4 Å². The molecule has 1 rings (SSSR count). The Hall–Kier alpha value is -2.04. The number of hydrogen-bond acceptors (Lipinski definition) is 3. The molecule has 0 bridgehead atoms. The van der Waals surface area contributed by atoms with Crippen molar-refractivity contribution in [1.82, 2.24) is 0 Å². The van der Waals surface area contributed by atoms with Gasteiger partial charge in [-0.3, -0.25) is 4.79 Å². The third kappa shape index (κ3) is 3.61. The van der Waals surface area contributed by atoms with E-state index < -0.39 is 12.0 Å². The maximum absolute atomic E-state index is 10.6. The van der Waals surface area contributed by atoms with Gasteiger partial charge < -0.3 is 10.8 Å². The summed E-state index contributed by atoms with van der Waals surface area (Å²) in [5.41, 5.74) is 15.3. The van der Waals surface area contributed by atoms with Gasteiger partial charge in [0.05, 0.1) is 6.54 Å².